The molecule has 0 atom stereocenters. The van der Waals surface area contributed by atoms with Crippen LogP contribution in [0.3, 0.4) is 0 Å². The first-order valence-electron chi connectivity index (χ1n) is 11.3. The average molecular weight is 555 g/mol. The Morgan fingerprint density at radius 2 is 1.69 bits per heavy atom. The van der Waals surface area contributed by atoms with E-state index in [1.54, 1.807) is 42.3 Å². The molecule has 3 aromatic carbocycles. The van der Waals surface area contributed by atoms with Crippen LogP contribution >= 0.6 is 28.1 Å². The molecule has 0 saturated heterocycles. The number of amides is 2. The fraction of sp³-hybridized carbons (Fsp3) is 0.222. The van der Waals surface area contributed by atoms with Crippen molar-refractivity contribution in [2.24, 2.45) is 0 Å². The highest BCUT2D eigenvalue weighted by Gasteiger charge is 2.20. The zero-order valence-corrected chi connectivity index (χ0v) is 22.1. The molecule has 0 aliphatic heterocycles. The van der Waals surface area contributed by atoms with Gasteiger partial charge in [0.15, 0.2) is 5.11 Å². The molecule has 0 spiro atoms. The van der Waals surface area contributed by atoms with Crippen molar-refractivity contribution >= 4 is 50.8 Å². The largest absolute Gasteiger partial charge is 0.493 e. The van der Waals surface area contributed by atoms with E-state index in [0.717, 1.165) is 22.9 Å². The highest BCUT2D eigenvalue weighted by Crippen LogP contribution is 2.24. The number of rotatable bonds is 9. The molecule has 2 N–H and O–H groups in total. The molecule has 8 heteroatoms. The normalized spacial score (nSPS) is 10.4. The van der Waals surface area contributed by atoms with Gasteiger partial charge >= 0.3 is 0 Å². The number of nitrogens with one attached hydrogen (secondary N) is 2. The number of benzene rings is 3. The number of nitrogens with zero attached hydrogens (tertiary/aromatic N) is 1. The van der Waals surface area contributed by atoms with Crippen LogP contribution in [0.1, 0.15) is 46.0 Å². The van der Waals surface area contributed by atoms with Gasteiger partial charge in [-0.3, -0.25) is 14.9 Å². The van der Waals surface area contributed by atoms with Crippen LogP contribution in [0.15, 0.2) is 77.3 Å². The van der Waals surface area contributed by atoms with Gasteiger partial charge in [-0.15, -0.1) is 0 Å². The highest BCUT2D eigenvalue weighted by atomic mass is 79.9. The Morgan fingerprint density at radius 1 is 0.971 bits per heavy atom. The SMILES string of the molecule is CCCCOc1ccc(Br)cc1C(=O)NC(=S)N(C)c1ccccc1C(=O)NCc1ccccc1. The number of hydrogen-bond acceptors (Lipinski definition) is 4. The molecule has 0 aromatic heterocycles. The molecular formula is C27H28BrN3O3S. The Balaban J connectivity index is 1.72. The zero-order valence-electron chi connectivity index (χ0n) is 19.7. The number of carbonyl (C=O) groups is 2. The maximum absolute atomic E-state index is 13.1. The molecular weight excluding hydrogens is 526 g/mol. The summed E-state index contributed by atoms with van der Waals surface area (Å²) in [5.41, 5.74) is 2.41. The molecule has 0 heterocycles. The molecule has 0 aliphatic rings. The summed E-state index contributed by atoms with van der Waals surface area (Å²) in [6, 6.07) is 22.1. The van der Waals surface area contributed by atoms with Gasteiger partial charge in [0.2, 0.25) is 0 Å². The van der Waals surface area contributed by atoms with Crippen LogP contribution < -0.4 is 20.3 Å². The summed E-state index contributed by atoms with van der Waals surface area (Å²) in [7, 11) is 1.71. The van der Waals surface area contributed by atoms with Crippen LogP contribution in [0.4, 0.5) is 5.69 Å². The molecule has 35 heavy (non-hydrogen) atoms. The summed E-state index contributed by atoms with van der Waals surface area (Å²) in [5, 5.41) is 5.86. The summed E-state index contributed by atoms with van der Waals surface area (Å²) in [6.07, 6.45) is 1.88. The van der Waals surface area contributed by atoms with Gasteiger partial charge in [0, 0.05) is 18.1 Å². The number of halogens is 1. The van der Waals surface area contributed by atoms with E-state index in [1.165, 1.54) is 0 Å². The van der Waals surface area contributed by atoms with Gasteiger partial charge in [-0.05, 0) is 54.5 Å². The van der Waals surface area contributed by atoms with Crippen LogP contribution in [0.25, 0.3) is 0 Å². The fourth-order valence-electron chi connectivity index (χ4n) is 3.32. The first-order valence-corrected chi connectivity index (χ1v) is 12.5. The lowest BCUT2D eigenvalue weighted by Crippen LogP contribution is -2.41. The van der Waals surface area contributed by atoms with Gasteiger partial charge in [0.05, 0.1) is 23.4 Å². The third kappa shape index (κ3) is 7.37. The van der Waals surface area contributed by atoms with Crippen LogP contribution in [-0.2, 0) is 6.54 Å². The number of hydrogen-bond donors (Lipinski definition) is 2. The maximum atomic E-state index is 13.1. The summed E-state index contributed by atoms with van der Waals surface area (Å²) < 4.78 is 6.56. The lowest BCUT2D eigenvalue weighted by molar-refractivity contribution is 0.0949. The van der Waals surface area contributed by atoms with Gasteiger partial charge in [-0.1, -0.05) is 71.7 Å². The third-order valence-electron chi connectivity index (χ3n) is 5.27. The van der Waals surface area contributed by atoms with Gasteiger partial charge in [-0.2, -0.15) is 0 Å². The number of carbonyl (C=O) groups excluding carboxylic acids is 2. The summed E-state index contributed by atoms with van der Waals surface area (Å²) in [5.74, 6) is -0.130. The molecule has 0 bridgehead atoms. The molecule has 0 unspecified atom stereocenters. The van der Waals surface area contributed by atoms with E-state index < -0.39 is 0 Å². The van der Waals surface area contributed by atoms with Gasteiger partial charge in [0.1, 0.15) is 5.75 Å². The number of para-hydroxylation sites is 1. The molecule has 182 valence electrons. The lowest BCUT2D eigenvalue weighted by Gasteiger charge is -2.23. The molecule has 0 aliphatic carbocycles. The van der Waals surface area contributed by atoms with Crippen LogP contribution in [0, 0.1) is 0 Å². The zero-order chi connectivity index (χ0) is 25.2. The van der Waals surface area contributed by atoms with Crippen LogP contribution in [0.2, 0.25) is 0 Å². The van der Waals surface area contributed by atoms with E-state index in [1.807, 2.05) is 42.5 Å². The van der Waals surface area contributed by atoms with Crippen molar-refractivity contribution < 1.29 is 14.3 Å². The van der Waals surface area contributed by atoms with E-state index in [-0.39, 0.29) is 16.9 Å². The highest BCUT2D eigenvalue weighted by molar-refractivity contribution is 9.10. The first kappa shape index (κ1) is 26.4. The monoisotopic (exact) mass is 553 g/mol. The second-order valence-electron chi connectivity index (χ2n) is 7.85. The maximum Gasteiger partial charge on any atom is 0.261 e. The van der Waals surface area contributed by atoms with E-state index in [4.69, 9.17) is 17.0 Å². The van der Waals surface area contributed by atoms with Crippen molar-refractivity contribution in [2.45, 2.75) is 26.3 Å². The van der Waals surface area contributed by atoms with Crippen molar-refractivity contribution in [1.29, 1.82) is 0 Å². The molecule has 6 nitrogen and oxygen atoms in total. The Hall–Kier alpha value is -3.23. The molecule has 0 saturated carbocycles. The molecule has 0 fully saturated rings. The molecule has 2 amide bonds. The Labute approximate surface area is 219 Å². The summed E-state index contributed by atoms with van der Waals surface area (Å²) in [6.45, 7) is 3.00. The minimum atomic E-state index is -0.388. The quantitative estimate of drug-likeness (QED) is 0.262. The predicted octanol–water partition coefficient (Wildman–Crippen LogP) is 5.71. The number of thiocarbonyl (C=S) groups is 1. The van der Waals surface area contributed by atoms with Crippen molar-refractivity contribution in [1.82, 2.24) is 10.6 Å². The molecule has 3 rings (SSSR count). The van der Waals surface area contributed by atoms with Crippen molar-refractivity contribution in [3.05, 3.63) is 94.0 Å². The second kappa shape index (κ2) is 13.0. The fourth-order valence-corrected chi connectivity index (χ4v) is 3.87. The number of unbranched alkanes of at least 4 members (excludes halogenated alkanes) is 1. The van der Waals surface area contributed by atoms with E-state index >= 15 is 0 Å². The van der Waals surface area contributed by atoms with Crippen molar-refractivity contribution in [3.8, 4) is 5.75 Å². The lowest BCUT2D eigenvalue weighted by atomic mass is 10.1. The first-order chi connectivity index (χ1) is 16.9. The van der Waals surface area contributed by atoms with Crippen LogP contribution in [-0.4, -0.2) is 30.6 Å². The molecule has 0 radical (unpaired) electrons. The van der Waals surface area contributed by atoms with E-state index in [2.05, 4.69) is 33.5 Å². The van der Waals surface area contributed by atoms with E-state index in [9.17, 15) is 9.59 Å². The number of anilines is 1. The topological polar surface area (TPSA) is 70.7 Å². The van der Waals surface area contributed by atoms with E-state index in [0.29, 0.717) is 35.7 Å². The van der Waals surface area contributed by atoms with Gasteiger partial charge < -0.3 is 15.0 Å². The minimum Gasteiger partial charge on any atom is -0.493 e. The minimum absolute atomic E-state index is 0.165. The third-order valence-corrected chi connectivity index (χ3v) is 6.14. The average Bonchev–Trinajstić information content (AvgIpc) is 2.88. The predicted molar refractivity (Wildman–Crippen MR) is 147 cm³/mol. The van der Waals surface area contributed by atoms with Gasteiger partial charge in [-0.25, -0.2) is 0 Å². The second-order valence-corrected chi connectivity index (χ2v) is 9.15. The standard InChI is InChI=1S/C27H28BrN3O3S/c1-3-4-16-34-24-15-14-20(28)17-22(24)26(33)30-27(35)31(2)23-13-9-8-12-21(23)25(32)29-18-19-10-6-5-7-11-19/h5-15,17H,3-4,16,18H2,1-2H3,(H,29,32)(H,30,33,35). The van der Waals surface area contributed by atoms with Crippen molar-refractivity contribution in [2.75, 3.05) is 18.6 Å². The Morgan fingerprint density at radius 3 is 2.43 bits per heavy atom. The van der Waals surface area contributed by atoms with Gasteiger partial charge in [0.25, 0.3) is 11.8 Å². The number of ether oxygens (including phenoxy) is 1. The Kier molecular flexibility index (Phi) is 9.81. The summed E-state index contributed by atoms with van der Waals surface area (Å²) >= 11 is 8.93. The smallest absolute Gasteiger partial charge is 0.261 e. The summed E-state index contributed by atoms with van der Waals surface area (Å²) in [4.78, 5) is 27.6. The Bertz CT molecular complexity index is 1190. The van der Waals surface area contributed by atoms with Crippen molar-refractivity contribution in [3.63, 3.8) is 0 Å². The van der Waals surface area contributed by atoms with Crippen LogP contribution in [0.5, 0.6) is 5.75 Å². The molecule has 3 aromatic rings.